The highest BCUT2D eigenvalue weighted by Crippen LogP contribution is 2.13. The number of aryl methyl sites for hydroxylation is 1. The first-order chi connectivity index (χ1) is 7.50. The van der Waals surface area contributed by atoms with Crippen LogP contribution in [0.3, 0.4) is 0 Å². The third-order valence-corrected chi connectivity index (χ3v) is 2.08. The van der Waals surface area contributed by atoms with Crippen LogP contribution < -0.4 is 11.1 Å². The molecule has 1 aromatic rings. The van der Waals surface area contributed by atoms with E-state index >= 15 is 0 Å². The third kappa shape index (κ3) is 3.27. The molecule has 0 saturated heterocycles. The largest absolute Gasteiger partial charge is 0.481 e. The monoisotopic (exact) mass is 222 g/mol. The topological polar surface area (TPSA) is 92.4 Å². The molecule has 16 heavy (non-hydrogen) atoms. The molecule has 0 saturated carbocycles. The summed E-state index contributed by atoms with van der Waals surface area (Å²) < 4.78 is 0. The molecule has 0 aliphatic rings. The quantitative estimate of drug-likeness (QED) is 0.656. The average Bonchev–Trinajstić information content (AvgIpc) is 2.21. The highest BCUT2D eigenvalue weighted by atomic mass is 16.4. The van der Waals surface area contributed by atoms with E-state index in [1.807, 2.05) is 13.0 Å². The van der Waals surface area contributed by atoms with Gasteiger partial charge in [0, 0.05) is 12.2 Å². The number of aliphatic carboxylic acids is 1. The Bertz CT molecular complexity index is 416. The second-order valence-electron chi connectivity index (χ2n) is 3.49. The Morgan fingerprint density at radius 1 is 1.44 bits per heavy atom. The Balaban J connectivity index is 2.65. The minimum absolute atomic E-state index is 0.0988. The number of nitrogens with one attached hydrogen (secondary N) is 1. The Labute approximate surface area is 93.3 Å². The fourth-order valence-electron chi connectivity index (χ4n) is 1.24. The van der Waals surface area contributed by atoms with Crippen LogP contribution in [0.2, 0.25) is 0 Å². The van der Waals surface area contributed by atoms with Crippen LogP contribution in [0.4, 0.5) is 5.69 Å². The molecule has 5 heteroatoms. The molecule has 0 aromatic heterocycles. The minimum atomic E-state index is -0.947. The van der Waals surface area contributed by atoms with E-state index < -0.39 is 5.97 Å². The Morgan fingerprint density at radius 2 is 2.12 bits per heavy atom. The first kappa shape index (κ1) is 12.0. The van der Waals surface area contributed by atoms with Crippen LogP contribution in [0, 0.1) is 6.92 Å². The van der Waals surface area contributed by atoms with Crippen molar-refractivity contribution >= 4 is 17.6 Å². The second kappa shape index (κ2) is 5.16. The number of anilines is 1. The highest BCUT2D eigenvalue weighted by molar-refractivity contribution is 5.99. The summed E-state index contributed by atoms with van der Waals surface area (Å²) in [5.41, 5.74) is 7.34. The maximum absolute atomic E-state index is 11.6. The van der Waals surface area contributed by atoms with Gasteiger partial charge in [-0.05, 0) is 19.1 Å². The lowest BCUT2D eigenvalue weighted by Gasteiger charge is -2.07. The summed E-state index contributed by atoms with van der Waals surface area (Å²) in [4.78, 5) is 21.9. The van der Waals surface area contributed by atoms with E-state index in [9.17, 15) is 9.59 Å². The lowest BCUT2D eigenvalue weighted by molar-refractivity contribution is -0.136. The van der Waals surface area contributed by atoms with Crippen molar-refractivity contribution in [1.82, 2.24) is 5.32 Å². The number of carboxylic acids is 1. The first-order valence-electron chi connectivity index (χ1n) is 4.87. The van der Waals surface area contributed by atoms with Crippen LogP contribution in [0.1, 0.15) is 22.3 Å². The number of carbonyl (C=O) groups is 2. The zero-order valence-corrected chi connectivity index (χ0v) is 8.99. The molecule has 0 heterocycles. The van der Waals surface area contributed by atoms with Crippen molar-refractivity contribution in [2.24, 2.45) is 0 Å². The molecule has 0 aliphatic heterocycles. The number of benzene rings is 1. The van der Waals surface area contributed by atoms with E-state index in [0.29, 0.717) is 11.3 Å². The van der Waals surface area contributed by atoms with Crippen molar-refractivity contribution < 1.29 is 14.7 Å². The maximum Gasteiger partial charge on any atom is 0.305 e. The predicted octanol–water partition coefficient (Wildman–Crippen LogP) is 0.782. The van der Waals surface area contributed by atoms with Crippen LogP contribution in [0.15, 0.2) is 18.2 Å². The molecule has 1 aromatic carbocycles. The molecule has 0 fully saturated rings. The number of rotatable bonds is 4. The molecule has 0 spiro atoms. The van der Waals surface area contributed by atoms with E-state index in [1.54, 1.807) is 12.1 Å². The van der Waals surface area contributed by atoms with Gasteiger partial charge in [0.15, 0.2) is 0 Å². The lowest BCUT2D eigenvalue weighted by atomic mass is 10.1. The molecule has 5 nitrogen and oxygen atoms in total. The summed E-state index contributed by atoms with van der Waals surface area (Å²) in [6.45, 7) is 1.95. The Hall–Kier alpha value is -2.04. The molecule has 0 radical (unpaired) electrons. The van der Waals surface area contributed by atoms with Crippen LogP contribution in [0.25, 0.3) is 0 Å². The molecule has 4 N–H and O–H groups in total. The second-order valence-corrected chi connectivity index (χ2v) is 3.49. The standard InChI is InChI=1S/C11H14N2O3/c1-7-2-3-9(12)8(6-7)11(16)13-5-4-10(14)15/h2-3,6H,4-5,12H2,1H3,(H,13,16)(H,14,15). The Morgan fingerprint density at radius 3 is 2.75 bits per heavy atom. The summed E-state index contributed by atoms with van der Waals surface area (Å²) >= 11 is 0. The van der Waals surface area contributed by atoms with Gasteiger partial charge in [-0.1, -0.05) is 11.6 Å². The molecular weight excluding hydrogens is 208 g/mol. The summed E-state index contributed by atoms with van der Waals surface area (Å²) in [5.74, 6) is -1.29. The summed E-state index contributed by atoms with van der Waals surface area (Å²) in [7, 11) is 0. The van der Waals surface area contributed by atoms with Gasteiger partial charge in [-0.3, -0.25) is 9.59 Å². The van der Waals surface area contributed by atoms with Gasteiger partial charge in [-0.25, -0.2) is 0 Å². The van der Waals surface area contributed by atoms with Crippen molar-refractivity contribution in [3.63, 3.8) is 0 Å². The average molecular weight is 222 g/mol. The van der Waals surface area contributed by atoms with Crippen molar-refractivity contribution in [2.45, 2.75) is 13.3 Å². The van der Waals surface area contributed by atoms with E-state index in [2.05, 4.69) is 5.32 Å². The van der Waals surface area contributed by atoms with Gasteiger partial charge in [-0.15, -0.1) is 0 Å². The van der Waals surface area contributed by atoms with Crippen LogP contribution in [-0.2, 0) is 4.79 Å². The molecule has 1 rings (SSSR count). The fraction of sp³-hybridized carbons (Fsp3) is 0.273. The normalized spacial score (nSPS) is 9.81. The number of carbonyl (C=O) groups excluding carboxylic acids is 1. The third-order valence-electron chi connectivity index (χ3n) is 2.08. The number of carboxylic acid groups (broad SMARTS) is 1. The first-order valence-corrected chi connectivity index (χ1v) is 4.87. The highest BCUT2D eigenvalue weighted by Gasteiger charge is 2.09. The van der Waals surface area contributed by atoms with Crippen LogP contribution in [-0.4, -0.2) is 23.5 Å². The summed E-state index contributed by atoms with van der Waals surface area (Å²) in [5, 5.41) is 10.9. The van der Waals surface area contributed by atoms with Crippen molar-refractivity contribution in [3.8, 4) is 0 Å². The molecular formula is C11H14N2O3. The smallest absolute Gasteiger partial charge is 0.305 e. The predicted molar refractivity (Wildman–Crippen MR) is 60.2 cm³/mol. The maximum atomic E-state index is 11.6. The van der Waals surface area contributed by atoms with Crippen LogP contribution >= 0.6 is 0 Å². The van der Waals surface area contributed by atoms with E-state index in [-0.39, 0.29) is 18.9 Å². The SMILES string of the molecule is Cc1ccc(N)c(C(=O)NCCC(=O)O)c1. The van der Waals surface area contributed by atoms with Gasteiger partial charge in [0.2, 0.25) is 0 Å². The van der Waals surface area contributed by atoms with Gasteiger partial charge in [0.25, 0.3) is 5.91 Å². The van der Waals surface area contributed by atoms with E-state index in [4.69, 9.17) is 10.8 Å². The number of hydrogen-bond acceptors (Lipinski definition) is 3. The number of amides is 1. The fourth-order valence-corrected chi connectivity index (χ4v) is 1.24. The molecule has 0 bridgehead atoms. The molecule has 0 aliphatic carbocycles. The molecule has 86 valence electrons. The van der Waals surface area contributed by atoms with Gasteiger partial charge >= 0.3 is 5.97 Å². The Kier molecular flexibility index (Phi) is 3.88. The zero-order valence-electron chi connectivity index (χ0n) is 8.99. The van der Waals surface area contributed by atoms with Gasteiger partial charge in [0.1, 0.15) is 0 Å². The van der Waals surface area contributed by atoms with Crippen molar-refractivity contribution in [3.05, 3.63) is 29.3 Å². The number of nitrogens with two attached hydrogens (primary N) is 1. The van der Waals surface area contributed by atoms with E-state index in [0.717, 1.165) is 5.56 Å². The number of nitrogen functional groups attached to an aromatic ring is 1. The number of hydrogen-bond donors (Lipinski definition) is 3. The molecule has 1 amide bonds. The van der Waals surface area contributed by atoms with Crippen molar-refractivity contribution in [1.29, 1.82) is 0 Å². The van der Waals surface area contributed by atoms with Gasteiger partial charge in [-0.2, -0.15) is 0 Å². The minimum Gasteiger partial charge on any atom is -0.481 e. The van der Waals surface area contributed by atoms with Crippen molar-refractivity contribution in [2.75, 3.05) is 12.3 Å². The zero-order chi connectivity index (χ0) is 12.1. The molecule has 0 unspecified atom stereocenters. The summed E-state index contributed by atoms with van der Waals surface area (Å²) in [6, 6.07) is 5.14. The lowest BCUT2D eigenvalue weighted by Crippen LogP contribution is -2.26. The van der Waals surface area contributed by atoms with E-state index in [1.165, 1.54) is 0 Å². The van der Waals surface area contributed by atoms with Gasteiger partial charge < -0.3 is 16.2 Å². The molecule has 0 atom stereocenters. The van der Waals surface area contributed by atoms with Crippen LogP contribution in [0.5, 0.6) is 0 Å². The summed E-state index contributed by atoms with van der Waals surface area (Å²) in [6.07, 6.45) is -0.0997. The van der Waals surface area contributed by atoms with Gasteiger partial charge in [0.05, 0.1) is 12.0 Å².